The van der Waals surface area contributed by atoms with Crippen molar-refractivity contribution < 1.29 is 24.2 Å². The molecule has 2 heterocycles. The maximum atomic E-state index is 13.2. The second-order valence-corrected chi connectivity index (χ2v) is 9.37. The van der Waals surface area contributed by atoms with Crippen LogP contribution in [0.4, 0.5) is 0 Å². The molecule has 3 aromatic rings. The second kappa shape index (κ2) is 10.6. The maximum absolute atomic E-state index is 13.2. The SMILES string of the molecule is O=C1C(=O)N(CC2CCCO2)C(c2ccc(OCc3ccccc3)cc2)/C1=C(\O)c1ccc(Cl)cc1. The van der Waals surface area contributed by atoms with Crippen LogP contribution in [0, 0.1) is 0 Å². The van der Waals surface area contributed by atoms with E-state index in [9.17, 15) is 14.7 Å². The Hall–Kier alpha value is -3.61. The molecule has 2 aliphatic rings. The number of aliphatic hydroxyl groups excluding tert-OH is 1. The van der Waals surface area contributed by atoms with Crippen LogP contribution in [0.25, 0.3) is 5.76 Å². The Labute approximate surface area is 214 Å². The summed E-state index contributed by atoms with van der Waals surface area (Å²) in [5.74, 6) is -0.920. The molecule has 1 N–H and O–H groups in total. The number of hydrogen-bond donors (Lipinski definition) is 1. The largest absolute Gasteiger partial charge is 0.507 e. The van der Waals surface area contributed by atoms with Crippen LogP contribution in [0.5, 0.6) is 5.75 Å². The van der Waals surface area contributed by atoms with E-state index in [1.165, 1.54) is 4.90 Å². The highest BCUT2D eigenvalue weighted by molar-refractivity contribution is 6.46. The normalized spacial score (nSPS) is 21.2. The molecule has 36 heavy (non-hydrogen) atoms. The second-order valence-electron chi connectivity index (χ2n) is 8.94. The summed E-state index contributed by atoms with van der Waals surface area (Å²) in [6, 6.07) is 22.9. The number of benzene rings is 3. The summed E-state index contributed by atoms with van der Waals surface area (Å²) in [7, 11) is 0. The average Bonchev–Trinajstić information content (AvgIpc) is 3.51. The molecule has 0 saturated carbocycles. The maximum Gasteiger partial charge on any atom is 0.295 e. The Morgan fingerprint density at radius 1 is 1.00 bits per heavy atom. The third-order valence-corrected chi connectivity index (χ3v) is 6.78. The highest BCUT2D eigenvalue weighted by atomic mass is 35.5. The first-order chi connectivity index (χ1) is 17.5. The Bertz CT molecular complexity index is 1270. The molecule has 0 spiro atoms. The molecule has 0 bridgehead atoms. The van der Waals surface area contributed by atoms with Gasteiger partial charge in [-0.2, -0.15) is 0 Å². The van der Waals surface area contributed by atoms with E-state index in [4.69, 9.17) is 21.1 Å². The van der Waals surface area contributed by atoms with Crippen molar-refractivity contribution in [3.8, 4) is 5.75 Å². The van der Waals surface area contributed by atoms with Crippen LogP contribution < -0.4 is 4.74 Å². The zero-order chi connectivity index (χ0) is 25.1. The van der Waals surface area contributed by atoms with E-state index < -0.39 is 17.7 Å². The lowest BCUT2D eigenvalue weighted by Gasteiger charge is -2.27. The van der Waals surface area contributed by atoms with E-state index in [0.717, 1.165) is 18.4 Å². The molecule has 0 aliphatic carbocycles. The summed E-state index contributed by atoms with van der Waals surface area (Å²) >= 11 is 6.00. The molecule has 2 unspecified atom stereocenters. The monoisotopic (exact) mass is 503 g/mol. The zero-order valence-electron chi connectivity index (χ0n) is 19.6. The number of ether oxygens (including phenoxy) is 2. The number of hydrogen-bond acceptors (Lipinski definition) is 5. The fraction of sp³-hybridized carbons (Fsp3) is 0.241. The van der Waals surface area contributed by atoms with Crippen LogP contribution >= 0.6 is 11.6 Å². The topological polar surface area (TPSA) is 76.1 Å². The summed E-state index contributed by atoms with van der Waals surface area (Å²) < 4.78 is 11.7. The number of halogens is 1. The van der Waals surface area contributed by atoms with Gasteiger partial charge in [0, 0.05) is 23.7 Å². The minimum absolute atomic E-state index is 0.0540. The molecule has 6 nitrogen and oxygen atoms in total. The number of aliphatic hydroxyl groups is 1. The molecule has 2 aliphatic heterocycles. The van der Waals surface area contributed by atoms with E-state index in [1.54, 1.807) is 24.3 Å². The van der Waals surface area contributed by atoms with Crippen LogP contribution in [-0.4, -0.2) is 41.0 Å². The zero-order valence-corrected chi connectivity index (χ0v) is 20.4. The third-order valence-electron chi connectivity index (χ3n) is 6.53. The van der Waals surface area contributed by atoms with Crippen LogP contribution in [0.1, 0.15) is 35.6 Å². The van der Waals surface area contributed by atoms with Gasteiger partial charge >= 0.3 is 0 Å². The minimum atomic E-state index is -0.743. The van der Waals surface area contributed by atoms with Gasteiger partial charge in [-0.05, 0) is 60.4 Å². The van der Waals surface area contributed by atoms with Crippen LogP contribution in [0.15, 0.2) is 84.4 Å². The first-order valence-electron chi connectivity index (χ1n) is 11.9. The number of amides is 1. The summed E-state index contributed by atoms with van der Waals surface area (Å²) in [6.45, 7) is 1.34. The number of carbonyl (C=O) groups excluding carboxylic acids is 2. The predicted octanol–water partition coefficient (Wildman–Crippen LogP) is 5.52. The molecule has 1 amide bonds. The van der Waals surface area contributed by atoms with Crippen molar-refractivity contribution in [3.05, 3.63) is 106 Å². The highest BCUT2D eigenvalue weighted by Crippen LogP contribution is 2.40. The van der Waals surface area contributed by atoms with Gasteiger partial charge in [-0.1, -0.05) is 54.1 Å². The number of rotatable bonds is 7. The predicted molar refractivity (Wildman–Crippen MR) is 137 cm³/mol. The molecule has 3 aromatic carbocycles. The number of carbonyl (C=O) groups is 2. The Kier molecular flexibility index (Phi) is 7.07. The minimum Gasteiger partial charge on any atom is -0.507 e. The van der Waals surface area contributed by atoms with Crippen molar-refractivity contribution in [1.82, 2.24) is 4.90 Å². The van der Waals surface area contributed by atoms with E-state index in [-0.39, 0.29) is 24.0 Å². The van der Waals surface area contributed by atoms with Gasteiger partial charge in [0.25, 0.3) is 11.7 Å². The van der Waals surface area contributed by atoms with E-state index >= 15 is 0 Å². The molecule has 7 heteroatoms. The molecule has 2 fully saturated rings. The Morgan fingerprint density at radius 2 is 1.72 bits per heavy atom. The summed E-state index contributed by atoms with van der Waals surface area (Å²) in [4.78, 5) is 27.8. The molecule has 184 valence electrons. The van der Waals surface area contributed by atoms with Crippen molar-refractivity contribution in [2.45, 2.75) is 31.6 Å². The van der Waals surface area contributed by atoms with Gasteiger partial charge in [0.05, 0.1) is 17.7 Å². The molecule has 5 rings (SSSR count). The number of Topliss-reactive ketones (excluding diaryl/α,β-unsaturated/α-hetero) is 1. The molecule has 2 saturated heterocycles. The quantitative estimate of drug-likeness (QED) is 0.261. The van der Waals surface area contributed by atoms with E-state index in [1.807, 2.05) is 54.6 Å². The Morgan fingerprint density at radius 3 is 2.39 bits per heavy atom. The van der Waals surface area contributed by atoms with Gasteiger partial charge in [-0.25, -0.2) is 0 Å². The van der Waals surface area contributed by atoms with Crippen molar-refractivity contribution in [2.24, 2.45) is 0 Å². The van der Waals surface area contributed by atoms with Crippen LogP contribution in [0.2, 0.25) is 5.02 Å². The average molecular weight is 504 g/mol. The van der Waals surface area contributed by atoms with Crippen LogP contribution in [0.3, 0.4) is 0 Å². The summed E-state index contributed by atoms with van der Waals surface area (Å²) in [5, 5.41) is 11.7. The van der Waals surface area contributed by atoms with Gasteiger partial charge in [0.2, 0.25) is 0 Å². The first-order valence-corrected chi connectivity index (χ1v) is 12.3. The summed E-state index contributed by atoms with van der Waals surface area (Å²) in [6.07, 6.45) is 1.59. The molecule has 0 aromatic heterocycles. The standard InChI is InChI=1S/C29H26ClNO5/c30-22-12-8-21(9-13-22)27(32)25-26(31(29(34)28(25)33)17-24-7-4-16-35-24)20-10-14-23(15-11-20)36-18-19-5-2-1-3-6-19/h1-3,5-6,8-15,24,26,32H,4,7,16-18H2/b27-25+. The number of nitrogens with zero attached hydrogens (tertiary/aromatic N) is 1. The van der Waals surface area contributed by atoms with Crippen molar-refractivity contribution in [3.63, 3.8) is 0 Å². The number of likely N-dealkylation sites (tertiary alicyclic amines) is 1. The van der Waals surface area contributed by atoms with Gasteiger partial charge in [-0.15, -0.1) is 0 Å². The summed E-state index contributed by atoms with van der Waals surface area (Å²) in [5.41, 5.74) is 2.23. The lowest BCUT2D eigenvalue weighted by Crippen LogP contribution is -2.36. The smallest absolute Gasteiger partial charge is 0.295 e. The van der Waals surface area contributed by atoms with Crippen molar-refractivity contribution in [2.75, 3.05) is 13.2 Å². The lowest BCUT2D eigenvalue weighted by atomic mass is 9.95. The van der Waals surface area contributed by atoms with E-state index in [0.29, 0.717) is 35.1 Å². The van der Waals surface area contributed by atoms with Gasteiger partial charge in [0.15, 0.2) is 0 Å². The molecular weight excluding hydrogens is 478 g/mol. The Balaban J connectivity index is 1.48. The number of ketones is 1. The van der Waals surface area contributed by atoms with Gasteiger partial charge in [-0.3, -0.25) is 9.59 Å². The third kappa shape index (κ3) is 5.01. The first kappa shape index (κ1) is 24.1. The molecule has 2 atom stereocenters. The highest BCUT2D eigenvalue weighted by Gasteiger charge is 2.47. The van der Waals surface area contributed by atoms with Crippen LogP contribution in [-0.2, 0) is 20.9 Å². The molecular formula is C29H26ClNO5. The van der Waals surface area contributed by atoms with Gasteiger partial charge < -0.3 is 19.5 Å². The van der Waals surface area contributed by atoms with Crippen molar-refractivity contribution in [1.29, 1.82) is 0 Å². The fourth-order valence-corrected chi connectivity index (χ4v) is 4.80. The lowest BCUT2D eigenvalue weighted by molar-refractivity contribution is -0.140. The van der Waals surface area contributed by atoms with Crippen molar-refractivity contribution >= 4 is 29.1 Å². The fourth-order valence-electron chi connectivity index (χ4n) is 4.67. The van der Waals surface area contributed by atoms with E-state index in [2.05, 4.69) is 0 Å². The molecule has 0 radical (unpaired) electrons. The van der Waals surface area contributed by atoms with Gasteiger partial charge in [0.1, 0.15) is 18.1 Å².